The van der Waals surface area contributed by atoms with Crippen LogP contribution in [0.25, 0.3) is 0 Å². The maximum Gasteiger partial charge on any atom is 0.460 e. The molecule has 10 heavy (non-hydrogen) atoms. The van der Waals surface area contributed by atoms with Crippen molar-refractivity contribution in [2.75, 3.05) is 6.54 Å². The van der Waals surface area contributed by atoms with E-state index >= 15 is 0 Å². The fourth-order valence-corrected chi connectivity index (χ4v) is 0.413. The first kappa shape index (κ1) is 8.75. The first-order valence-electron chi connectivity index (χ1n) is 2.85. The van der Waals surface area contributed by atoms with Gasteiger partial charge in [0.2, 0.25) is 6.54 Å². The van der Waals surface area contributed by atoms with Gasteiger partial charge >= 0.3 is 5.91 Å². The number of carbonyl (C=O) groups excluding carboxylic acids is 1. The molecule has 3 heteroatoms. The van der Waals surface area contributed by atoms with Crippen molar-refractivity contribution >= 4 is 5.91 Å². The predicted molar refractivity (Wildman–Crippen MR) is 38.5 cm³/mol. The molecule has 54 valence electrons. The zero-order chi connectivity index (χ0) is 8.15. The number of hydrogen-bond acceptors (Lipinski definition) is 2. The lowest BCUT2D eigenvalue weighted by Gasteiger charge is -1.84. The highest BCUT2D eigenvalue weighted by Gasteiger charge is 2.19. The fraction of sp³-hybridized carbons (Fsp3) is 0.286. The Morgan fingerprint density at radius 2 is 2.20 bits per heavy atom. The number of carbonyl (C=O) groups is 1. The highest BCUT2D eigenvalue weighted by molar-refractivity contribution is 5.84. The minimum atomic E-state index is -0.583. The van der Waals surface area contributed by atoms with Crippen molar-refractivity contribution in [3.8, 4) is 0 Å². The number of amides is 1. The van der Waals surface area contributed by atoms with Gasteiger partial charge in [0.25, 0.3) is 0 Å². The zero-order valence-corrected chi connectivity index (χ0v) is 5.96. The van der Waals surface area contributed by atoms with Crippen LogP contribution in [0.2, 0.25) is 0 Å². The molecule has 0 saturated carbocycles. The Bertz CT molecular complexity index is 194. The molecule has 0 aromatic carbocycles. The smallest absolute Gasteiger partial charge is 0.210 e. The molecular weight excluding hydrogens is 130 g/mol. The van der Waals surface area contributed by atoms with Gasteiger partial charge in [-0.1, -0.05) is 13.2 Å². The molecule has 0 radical (unpaired) electrons. The molecule has 0 rings (SSSR count). The van der Waals surface area contributed by atoms with E-state index in [4.69, 9.17) is 0 Å². The van der Waals surface area contributed by atoms with Gasteiger partial charge < -0.3 is 0 Å². The molecule has 0 heterocycles. The fourth-order valence-electron chi connectivity index (χ4n) is 0.413. The SMILES string of the molecule is C=CC[N+](=O)C(=O)C(=C)C. The molecule has 0 atom stereocenters. The van der Waals surface area contributed by atoms with Crippen molar-refractivity contribution in [2.45, 2.75) is 6.92 Å². The average Bonchev–Trinajstić information content (AvgIpc) is 1.87. The summed E-state index contributed by atoms with van der Waals surface area (Å²) in [5.41, 5.74) is 0.247. The van der Waals surface area contributed by atoms with E-state index in [0.717, 1.165) is 0 Å². The average molecular weight is 140 g/mol. The second-order valence-corrected chi connectivity index (χ2v) is 1.94. The van der Waals surface area contributed by atoms with Gasteiger partial charge in [0.15, 0.2) is 0 Å². The van der Waals surface area contributed by atoms with E-state index in [2.05, 4.69) is 13.2 Å². The quantitative estimate of drug-likeness (QED) is 0.334. The Balaban J connectivity index is 4.08. The largest absolute Gasteiger partial charge is 0.460 e. The Hall–Kier alpha value is -1.25. The van der Waals surface area contributed by atoms with Crippen molar-refractivity contribution in [1.82, 2.24) is 0 Å². The van der Waals surface area contributed by atoms with E-state index in [0.29, 0.717) is 4.76 Å². The molecule has 0 aromatic heterocycles. The van der Waals surface area contributed by atoms with Crippen molar-refractivity contribution in [3.05, 3.63) is 29.7 Å². The first-order valence-corrected chi connectivity index (χ1v) is 2.85. The summed E-state index contributed by atoms with van der Waals surface area (Å²) in [6.45, 7) is 8.17. The lowest BCUT2D eigenvalue weighted by atomic mass is 10.3. The number of hydrogen-bond donors (Lipinski definition) is 0. The first-order chi connectivity index (χ1) is 4.59. The van der Waals surface area contributed by atoms with Crippen LogP contribution in [0.5, 0.6) is 0 Å². The van der Waals surface area contributed by atoms with Crippen molar-refractivity contribution in [1.29, 1.82) is 0 Å². The van der Waals surface area contributed by atoms with Gasteiger partial charge in [0, 0.05) is 4.91 Å². The van der Waals surface area contributed by atoms with Gasteiger partial charge in [-0.3, -0.25) is 0 Å². The molecule has 1 amide bonds. The monoisotopic (exact) mass is 140 g/mol. The van der Waals surface area contributed by atoms with E-state index < -0.39 is 5.91 Å². The van der Waals surface area contributed by atoms with Gasteiger partial charge in [-0.2, -0.15) is 0 Å². The minimum absolute atomic E-state index is 0.0195. The van der Waals surface area contributed by atoms with E-state index in [1.54, 1.807) is 0 Å². The van der Waals surface area contributed by atoms with Crippen molar-refractivity contribution < 1.29 is 9.55 Å². The molecule has 0 aliphatic rings. The third-order valence-corrected chi connectivity index (χ3v) is 0.887. The van der Waals surface area contributed by atoms with Gasteiger partial charge in [-0.15, -0.1) is 0 Å². The number of nitroso groups, excluding NO2 is 1. The third-order valence-electron chi connectivity index (χ3n) is 0.887. The number of nitrogens with zero attached hydrogens (tertiary/aromatic N) is 1. The van der Waals surface area contributed by atoms with Crippen LogP contribution >= 0.6 is 0 Å². The molecular formula is C7H10NO2+. The van der Waals surface area contributed by atoms with Crippen LogP contribution in [0, 0.1) is 4.91 Å². The Labute approximate surface area is 59.6 Å². The van der Waals surface area contributed by atoms with E-state index in [1.807, 2.05) is 0 Å². The zero-order valence-electron chi connectivity index (χ0n) is 5.96. The van der Waals surface area contributed by atoms with Gasteiger partial charge in [0.05, 0.1) is 10.3 Å². The molecule has 0 aliphatic heterocycles. The highest BCUT2D eigenvalue weighted by atomic mass is 16.3. The Morgan fingerprint density at radius 3 is 2.50 bits per heavy atom. The third kappa shape index (κ3) is 2.35. The minimum Gasteiger partial charge on any atom is -0.210 e. The lowest BCUT2D eigenvalue weighted by molar-refractivity contribution is -0.454. The lowest BCUT2D eigenvalue weighted by Crippen LogP contribution is -2.18. The van der Waals surface area contributed by atoms with Crippen LogP contribution in [0.3, 0.4) is 0 Å². The number of rotatable bonds is 3. The van der Waals surface area contributed by atoms with Gasteiger partial charge in [-0.25, -0.2) is 4.79 Å². The molecule has 0 bridgehead atoms. The molecule has 0 aromatic rings. The normalized spacial score (nSPS) is 8.50. The van der Waals surface area contributed by atoms with E-state index in [-0.39, 0.29) is 12.1 Å². The molecule has 0 spiro atoms. The van der Waals surface area contributed by atoms with Crippen LogP contribution in [0.1, 0.15) is 6.92 Å². The molecule has 0 fully saturated rings. The Kier molecular flexibility index (Phi) is 3.25. The van der Waals surface area contributed by atoms with Crippen molar-refractivity contribution in [2.24, 2.45) is 0 Å². The molecule has 0 unspecified atom stereocenters. The summed E-state index contributed by atoms with van der Waals surface area (Å²) in [5, 5.41) is 0. The summed E-state index contributed by atoms with van der Waals surface area (Å²) in [5.74, 6) is -0.583. The van der Waals surface area contributed by atoms with Crippen molar-refractivity contribution in [3.63, 3.8) is 0 Å². The summed E-state index contributed by atoms with van der Waals surface area (Å²) < 4.78 is 0.315. The van der Waals surface area contributed by atoms with Crippen LogP contribution in [-0.2, 0) is 4.79 Å². The molecule has 3 nitrogen and oxygen atoms in total. The maximum atomic E-state index is 10.7. The second-order valence-electron chi connectivity index (χ2n) is 1.94. The summed E-state index contributed by atoms with van der Waals surface area (Å²) in [6.07, 6.45) is 1.37. The van der Waals surface area contributed by atoms with Crippen LogP contribution < -0.4 is 0 Å². The molecule has 0 saturated heterocycles. The van der Waals surface area contributed by atoms with Crippen LogP contribution in [0.4, 0.5) is 0 Å². The van der Waals surface area contributed by atoms with Gasteiger partial charge in [0.1, 0.15) is 0 Å². The molecule has 0 N–H and O–H groups in total. The summed E-state index contributed by atoms with van der Waals surface area (Å²) in [6, 6.07) is 0. The summed E-state index contributed by atoms with van der Waals surface area (Å²) in [7, 11) is 0. The van der Waals surface area contributed by atoms with Crippen LogP contribution in [-0.4, -0.2) is 17.2 Å². The van der Waals surface area contributed by atoms with Gasteiger partial charge in [-0.05, 0) is 13.0 Å². The highest BCUT2D eigenvalue weighted by Crippen LogP contribution is 1.90. The second kappa shape index (κ2) is 3.71. The topological polar surface area (TPSA) is 37.1 Å². The van der Waals surface area contributed by atoms with E-state index in [1.165, 1.54) is 13.0 Å². The maximum absolute atomic E-state index is 10.7. The van der Waals surface area contributed by atoms with E-state index in [9.17, 15) is 9.70 Å². The summed E-state index contributed by atoms with van der Waals surface area (Å²) in [4.78, 5) is 21.3. The predicted octanol–water partition coefficient (Wildman–Crippen LogP) is 1.05. The van der Waals surface area contributed by atoms with Crippen LogP contribution in [0.15, 0.2) is 24.8 Å². The Morgan fingerprint density at radius 1 is 1.70 bits per heavy atom. The molecule has 0 aliphatic carbocycles. The standard InChI is InChI=1S/C7H10NO2/c1-4-5-8(10)7(9)6(2)3/h4H,1-2,5H2,3H3/q+1. The summed E-state index contributed by atoms with van der Waals surface area (Å²) >= 11 is 0.